The highest BCUT2D eigenvalue weighted by molar-refractivity contribution is 9.10. The molecule has 160 valence electrons. The van der Waals surface area contributed by atoms with Crippen LogP contribution in [0.1, 0.15) is 58.7 Å². The lowest BCUT2D eigenvalue weighted by molar-refractivity contribution is 0.0970. The number of fused-ring (bicyclic) bond motifs is 2. The van der Waals surface area contributed by atoms with Crippen LogP contribution >= 0.6 is 15.9 Å². The van der Waals surface area contributed by atoms with Gasteiger partial charge in [0.2, 0.25) is 5.76 Å². The molecule has 0 fully saturated rings. The molecule has 0 saturated carbocycles. The van der Waals surface area contributed by atoms with E-state index in [0.717, 1.165) is 15.7 Å². The number of hydrogen-bond acceptors (Lipinski definition) is 4. The Balaban J connectivity index is 1.79. The van der Waals surface area contributed by atoms with E-state index in [1.165, 1.54) is 5.56 Å². The van der Waals surface area contributed by atoms with Gasteiger partial charge in [0.25, 0.3) is 5.91 Å². The van der Waals surface area contributed by atoms with Crippen LogP contribution in [0.15, 0.2) is 74.3 Å². The fraction of sp³-hybridized carbons (Fsp3) is 0.192. The molecule has 0 aliphatic carbocycles. The second-order valence-electron chi connectivity index (χ2n) is 8.35. The summed E-state index contributed by atoms with van der Waals surface area (Å²) in [5.74, 6) is 0.579. The van der Waals surface area contributed by atoms with E-state index < -0.39 is 6.04 Å². The van der Waals surface area contributed by atoms with Crippen molar-refractivity contribution < 1.29 is 9.21 Å². The van der Waals surface area contributed by atoms with Crippen molar-refractivity contribution in [3.8, 4) is 0 Å². The zero-order chi connectivity index (χ0) is 22.6. The molecule has 0 spiro atoms. The third-order valence-electron chi connectivity index (χ3n) is 5.87. The first-order valence-electron chi connectivity index (χ1n) is 10.5. The molecule has 0 bridgehead atoms. The first-order valence-corrected chi connectivity index (χ1v) is 11.3. The molecule has 1 atom stereocenters. The van der Waals surface area contributed by atoms with Crippen molar-refractivity contribution in [2.45, 2.75) is 32.7 Å². The van der Waals surface area contributed by atoms with Crippen molar-refractivity contribution in [2.24, 2.45) is 0 Å². The Bertz CT molecular complexity index is 1420. The minimum atomic E-state index is -0.618. The summed E-state index contributed by atoms with van der Waals surface area (Å²) >= 11 is 3.43. The quantitative estimate of drug-likeness (QED) is 0.347. The molecule has 0 N–H and O–H groups in total. The Morgan fingerprint density at radius 2 is 1.78 bits per heavy atom. The molecule has 1 amide bonds. The van der Waals surface area contributed by atoms with Gasteiger partial charge in [0.15, 0.2) is 5.43 Å². The summed E-state index contributed by atoms with van der Waals surface area (Å²) in [5, 5.41) is 0.439. The van der Waals surface area contributed by atoms with E-state index >= 15 is 0 Å². The fourth-order valence-corrected chi connectivity index (χ4v) is 4.58. The van der Waals surface area contributed by atoms with Gasteiger partial charge in [-0.2, -0.15) is 0 Å². The van der Waals surface area contributed by atoms with Crippen LogP contribution in [0.2, 0.25) is 0 Å². The number of carbonyl (C=O) groups is 1. The van der Waals surface area contributed by atoms with E-state index in [9.17, 15) is 9.59 Å². The largest absolute Gasteiger partial charge is 0.450 e. The number of hydrogen-bond donors (Lipinski definition) is 0. The molecule has 6 heteroatoms. The van der Waals surface area contributed by atoms with Crippen LogP contribution in [0.5, 0.6) is 0 Å². The highest BCUT2D eigenvalue weighted by Gasteiger charge is 2.44. The first-order chi connectivity index (χ1) is 15.3. The highest BCUT2D eigenvalue weighted by atomic mass is 79.9. The maximum Gasteiger partial charge on any atom is 0.296 e. The van der Waals surface area contributed by atoms with Gasteiger partial charge in [-0.05, 0) is 54.3 Å². The van der Waals surface area contributed by atoms with Gasteiger partial charge < -0.3 is 4.42 Å². The maximum atomic E-state index is 13.6. The summed E-state index contributed by atoms with van der Waals surface area (Å²) < 4.78 is 6.78. The zero-order valence-corrected chi connectivity index (χ0v) is 19.5. The third-order valence-corrected chi connectivity index (χ3v) is 6.36. The first kappa shape index (κ1) is 20.6. The predicted molar refractivity (Wildman–Crippen MR) is 128 cm³/mol. The molecule has 1 aliphatic heterocycles. The van der Waals surface area contributed by atoms with Crippen LogP contribution in [-0.4, -0.2) is 10.9 Å². The molecule has 2 aromatic heterocycles. The van der Waals surface area contributed by atoms with Crippen LogP contribution in [0, 0.1) is 6.92 Å². The third kappa shape index (κ3) is 3.26. The Kier molecular flexibility index (Phi) is 4.97. The van der Waals surface area contributed by atoms with E-state index in [4.69, 9.17) is 4.42 Å². The summed E-state index contributed by atoms with van der Waals surface area (Å²) in [6, 6.07) is 18.2. The van der Waals surface area contributed by atoms with E-state index in [2.05, 4.69) is 34.8 Å². The monoisotopic (exact) mass is 488 g/mol. The Labute approximate surface area is 193 Å². The number of benzene rings is 2. The standard InChI is InChI=1S/C26H21BrN2O3/c1-14(2)16-7-9-17(10-8-16)23-22-24(30)19-13-18(27)11-12-20(19)32-25(22)26(31)29(23)21-6-4-5-15(3)28-21/h4-14,23H,1-3H3/t23-/m1/s1. The molecule has 32 heavy (non-hydrogen) atoms. The van der Waals surface area contributed by atoms with Crippen molar-refractivity contribution in [1.29, 1.82) is 0 Å². The van der Waals surface area contributed by atoms with Gasteiger partial charge in [0.1, 0.15) is 11.4 Å². The van der Waals surface area contributed by atoms with Gasteiger partial charge in [-0.1, -0.05) is 60.1 Å². The van der Waals surface area contributed by atoms with Crippen molar-refractivity contribution in [1.82, 2.24) is 4.98 Å². The van der Waals surface area contributed by atoms with Gasteiger partial charge in [0.05, 0.1) is 17.0 Å². The number of carbonyl (C=O) groups excluding carboxylic acids is 1. The average Bonchev–Trinajstić information content (AvgIpc) is 3.07. The SMILES string of the molecule is Cc1cccc(N2C(=O)c3oc4ccc(Br)cc4c(=O)c3[C@H]2c2ccc(C(C)C)cc2)n1. The molecule has 2 aromatic carbocycles. The maximum absolute atomic E-state index is 13.6. The molecule has 4 aromatic rings. The zero-order valence-electron chi connectivity index (χ0n) is 17.9. The smallest absolute Gasteiger partial charge is 0.296 e. The summed E-state index contributed by atoms with van der Waals surface area (Å²) in [4.78, 5) is 33.4. The van der Waals surface area contributed by atoms with E-state index in [0.29, 0.717) is 28.3 Å². The van der Waals surface area contributed by atoms with Gasteiger partial charge in [-0.3, -0.25) is 14.5 Å². The Morgan fingerprint density at radius 3 is 2.47 bits per heavy atom. The molecule has 0 saturated heterocycles. The second-order valence-corrected chi connectivity index (χ2v) is 9.27. The number of anilines is 1. The number of pyridine rings is 1. The molecule has 0 radical (unpaired) electrons. The van der Waals surface area contributed by atoms with Crippen LogP contribution in [0.25, 0.3) is 11.0 Å². The topological polar surface area (TPSA) is 63.4 Å². The number of aryl methyl sites for hydroxylation is 1. The number of amides is 1. The number of nitrogens with zero attached hydrogens (tertiary/aromatic N) is 2. The van der Waals surface area contributed by atoms with Gasteiger partial charge in [0, 0.05) is 10.2 Å². The normalized spacial score (nSPS) is 15.6. The summed E-state index contributed by atoms with van der Waals surface area (Å²) in [7, 11) is 0. The minimum absolute atomic E-state index is 0.0751. The summed E-state index contributed by atoms with van der Waals surface area (Å²) in [5.41, 5.74) is 3.34. The molecule has 0 unspecified atom stereocenters. The lowest BCUT2D eigenvalue weighted by Crippen LogP contribution is -2.30. The molecular formula is C26H21BrN2O3. The summed E-state index contributed by atoms with van der Waals surface area (Å²) in [6.45, 7) is 6.13. The van der Waals surface area contributed by atoms with E-state index in [1.807, 2.05) is 43.3 Å². The van der Waals surface area contributed by atoms with Crippen molar-refractivity contribution in [3.63, 3.8) is 0 Å². The van der Waals surface area contributed by atoms with Crippen molar-refractivity contribution in [2.75, 3.05) is 4.90 Å². The van der Waals surface area contributed by atoms with Crippen LogP contribution in [-0.2, 0) is 0 Å². The Morgan fingerprint density at radius 1 is 1.03 bits per heavy atom. The van der Waals surface area contributed by atoms with Crippen molar-refractivity contribution in [3.05, 3.63) is 104 Å². The van der Waals surface area contributed by atoms with E-state index in [1.54, 1.807) is 29.2 Å². The van der Waals surface area contributed by atoms with Crippen LogP contribution in [0.3, 0.4) is 0 Å². The van der Waals surface area contributed by atoms with Crippen molar-refractivity contribution >= 4 is 38.6 Å². The molecular weight excluding hydrogens is 468 g/mol. The minimum Gasteiger partial charge on any atom is -0.450 e. The number of aromatic nitrogens is 1. The van der Waals surface area contributed by atoms with Crippen LogP contribution < -0.4 is 10.3 Å². The van der Waals surface area contributed by atoms with Crippen LogP contribution in [0.4, 0.5) is 5.82 Å². The molecule has 5 nitrogen and oxygen atoms in total. The molecule has 1 aliphatic rings. The van der Waals surface area contributed by atoms with Gasteiger partial charge in [-0.25, -0.2) is 4.98 Å². The second kappa shape index (κ2) is 7.71. The molecule has 3 heterocycles. The Hall–Kier alpha value is -3.25. The van der Waals surface area contributed by atoms with E-state index in [-0.39, 0.29) is 17.1 Å². The number of halogens is 1. The lowest BCUT2D eigenvalue weighted by atomic mass is 9.95. The highest BCUT2D eigenvalue weighted by Crippen LogP contribution is 2.41. The lowest BCUT2D eigenvalue weighted by Gasteiger charge is -2.24. The van der Waals surface area contributed by atoms with Gasteiger partial charge in [-0.15, -0.1) is 0 Å². The number of rotatable bonds is 3. The molecule has 5 rings (SSSR count). The van der Waals surface area contributed by atoms with Gasteiger partial charge >= 0.3 is 0 Å². The fourth-order valence-electron chi connectivity index (χ4n) is 4.22. The average molecular weight is 489 g/mol. The predicted octanol–water partition coefficient (Wildman–Crippen LogP) is 6.13. The summed E-state index contributed by atoms with van der Waals surface area (Å²) in [6.07, 6.45) is 0.